The number of nitrogens with two attached hydrogens (primary N) is 1. The molecule has 0 saturated carbocycles. The number of hydrogen-bond donors (Lipinski definition) is 1. The van der Waals surface area contributed by atoms with Crippen LogP contribution in [0.3, 0.4) is 0 Å². The molecule has 0 aliphatic carbocycles. The molecule has 102 valence electrons. The molecule has 0 aliphatic heterocycles. The van der Waals surface area contributed by atoms with Crippen LogP contribution < -0.4 is 10.5 Å². The Morgan fingerprint density at radius 3 is 2.28 bits per heavy atom. The van der Waals surface area contributed by atoms with Gasteiger partial charge in [-0.05, 0) is 44.4 Å². The summed E-state index contributed by atoms with van der Waals surface area (Å²) >= 11 is 0. The largest absolute Gasteiger partial charge is 0.491 e. The van der Waals surface area contributed by atoms with Crippen molar-refractivity contribution in [2.24, 2.45) is 5.73 Å². The lowest BCUT2D eigenvalue weighted by Gasteiger charge is -2.15. The molecule has 1 aromatic carbocycles. The molecule has 0 amide bonds. The molecule has 0 saturated heterocycles. The smallest absolute Gasteiger partial charge is 0.119 e. The summed E-state index contributed by atoms with van der Waals surface area (Å²) in [6.45, 7) is 6.37. The quantitative estimate of drug-likeness (QED) is 0.691. The summed E-state index contributed by atoms with van der Waals surface area (Å²) in [7, 11) is 0. The van der Waals surface area contributed by atoms with Crippen molar-refractivity contribution in [1.29, 1.82) is 0 Å². The first kappa shape index (κ1) is 15.0. The lowest BCUT2D eigenvalue weighted by molar-refractivity contribution is 0.206. The highest BCUT2D eigenvalue weighted by molar-refractivity contribution is 5.28. The fraction of sp³-hybridized carbons (Fsp3) is 0.625. The van der Waals surface area contributed by atoms with Crippen molar-refractivity contribution in [3.05, 3.63) is 29.8 Å². The van der Waals surface area contributed by atoms with Gasteiger partial charge in [-0.2, -0.15) is 0 Å². The summed E-state index contributed by atoms with van der Waals surface area (Å²) in [5, 5.41) is 0. The highest BCUT2D eigenvalue weighted by Gasteiger charge is 2.05. The molecule has 0 spiro atoms. The molecule has 18 heavy (non-hydrogen) atoms. The summed E-state index contributed by atoms with van der Waals surface area (Å²) in [5.41, 5.74) is 6.97. The minimum Gasteiger partial charge on any atom is -0.491 e. The molecule has 1 aromatic rings. The second kappa shape index (κ2) is 8.15. The van der Waals surface area contributed by atoms with E-state index in [9.17, 15) is 0 Å². The van der Waals surface area contributed by atoms with Gasteiger partial charge in [0.05, 0.1) is 6.10 Å². The monoisotopic (exact) mass is 249 g/mol. The SMILES string of the molecule is CCCCCCC(C)Oc1ccc(C(C)N)cc1. The summed E-state index contributed by atoms with van der Waals surface area (Å²) in [6.07, 6.45) is 6.61. The van der Waals surface area contributed by atoms with E-state index in [0.29, 0.717) is 6.10 Å². The van der Waals surface area contributed by atoms with Gasteiger partial charge in [0.2, 0.25) is 0 Å². The Morgan fingerprint density at radius 2 is 1.72 bits per heavy atom. The first-order valence-electron chi connectivity index (χ1n) is 7.15. The minimum atomic E-state index is 0.0884. The van der Waals surface area contributed by atoms with E-state index in [1.165, 1.54) is 25.7 Å². The van der Waals surface area contributed by atoms with Gasteiger partial charge < -0.3 is 10.5 Å². The zero-order valence-corrected chi connectivity index (χ0v) is 12.0. The second-order valence-corrected chi connectivity index (χ2v) is 5.14. The normalized spacial score (nSPS) is 14.2. The third-order valence-electron chi connectivity index (χ3n) is 3.21. The van der Waals surface area contributed by atoms with Gasteiger partial charge in [-0.15, -0.1) is 0 Å². The van der Waals surface area contributed by atoms with Crippen molar-refractivity contribution in [3.63, 3.8) is 0 Å². The van der Waals surface area contributed by atoms with E-state index in [4.69, 9.17) is 10.5 Å². The maximum atomic E-state index is 5.89. The Kier molecular flexibility index (Phi) is 6.81. The molecular formula is C16H27NO. The van der Waals surface area contributed by atoms with Crippen LogP contribution in [0.2, 0.25) is 0 Å². The molecule has 0 radical (unpaired) electrons. The first-order valence-corrected chi connectivity index (χ1v) is 7.15. The van der Waals surface area contributed by atoms with Crippen molar-refractivity contribution in [1.82, 2.24) is 0 Å². The van der Waals surface area contributed by atoms with Crippen LogP contribution >= 0.6 is 0 Å². The van der Waals surface area contributed by atoms with Gasteiger partial charge in [0, 0.05) is 6.04 Å². The molecule has 2 heteroatoms. The number of hydrogen-bond acceptors (Lipinski definition) is 2. The van der Waals surface area contributed by atoms with E-state index in [0.717, 1.165) is 17.7 Å². The van der Waals surface area contributed by atoms with E-state index >= 15 is 0 Å². The molecule has 2 N–H and O–H groups in total. The molecule has 2 unspecified atom stereocenters. The van der Waals surface area contributed by atoms with Gasteiger partial charge in [-0.3, -0.25) is 0 Å². The van der Waals surface area contributed by atoms with Gasteiger partial charge in [0.25, 0.3) is 0 Å². The van der Waals surface area contributed by atoms with Crippen molar-refractivity contribution in [2.45, 2.75) is 65.0 Å². The van der Waals surface area contributed by atoms with E-state index < -0.39 is 0 Å². The Labute approximate surface area is 112 Å². The molecule has 2 nitrogen and oxygen atoms in total. The van der Waals surface area contributed by atoms with Crippen molar-refractivity contribution >= 4 is 0 Å². The van der Waals surface area contributed by atoms with Crippen molar-refractivity contribution in [2.75, 3.05) is 0 Å². The minimum absolute atomic E-state index is 0.0884. The number of ether oxygens (including phenoxy) is 1. The van der Waals surface area contributed by atoms with E-state index in [-0.39, 0.29) is 6.04 Å². The van der Waals surface area contributed by atoms with Crippen molar-refractivity contribution in [3.8, 4) is 5.75 Å². The lowest BCUT2D eigenvalue weighted by Crippen LogP contribution is -2.11. The highest BCUT2D eigenvalue weighted by atomic mass is 16.5. The molecule has 0 fully saturated rings. The molecule has 0 heterocycles. The summed E-state index contributed by atoms with van der Waals surface area (Å²) in [4.78, 5) is 0. The molecule has 1 rings (SSSR count). The van der Waals surface area contributed by atoms with Gasteiger partial charge in [0.15, 0.2) is 0 Å². The van der Waals surface area contributed by atoms with Gasteiger partial charge in [0.1, 0.15) is 5.75 Å². The van der Waals surface area contributed by atoms with E-state index in [2.05, 4.69) is 13.8 Å². The summed E-state index contributed by atoms with van der Waals surface area (Å²) < 4.78 is 5.89. The molecule has 0 aromatic heterocycles. The number of unbranched alkanes of at least 4 members (excludes halogenated alkanes) is 3. The third kappa shape index (κ3) is 5.54. The maximum Gasteiger partial charge on any atom is 0.119 e. The van der Waals surface area contributed by atoms with E-state index in [1.54, 1.807) is 0 Å². The van der Waals surface area contributed by atoms with Crippen LogP contribution in [0.1, 0.15) is 64.5 Å². The lowest BCUT2D eigenvalue weighted by atomic mass is 10.1. The number of rotatable bonds is 8. The Morgan fingerprint density at radius 1 is 1.06 bits per heavy atom. The predicted octanol–water partition coefficient (Wildman–Crippen LogP) is 4.44. The van der Waals surface area contributed by atoms with Crippen LogP contribution in [0, 0.1) is 0 Å². The zero-order valence-electron chi connectivity index (χ0n) is 12.0. The second-order valence-electron chi connectivity index (χ2n) is 5.14. The summed E-state index contributed by atoms with van der Waals surface area (Å²) in [5.74, 6) is 0.947. The van der Waals surface area contributed by atoms with Crippen LogP contribution in [0.4, 0.5) is 0 Å². The Bertz CT molecular complexity index is 318. The summed E-state index contributed by atoms with van der Waals surface area (Å²) in [6, 6.07) is 8.21. The molecule has 2 atom stereocenters. The zero-order chi connectivity index (χ0) is 13.4. The fourth-order valence-electron chi connectivity index (χ4n) is 2.00. The molecular weight excluding hydrogens is 222 g/mol. The Hall–Kier alpha value is -1.02. The third-order valence-corrected chi connectivity index (χ3v) is 3.21. The number of benzene rings is 1. The average Bonchev–Trinajstić information content (AvgIpc) is 2.35. The topological polar surface area (TPSA) is 35.2 Å². The van der Waals surface area contributed by atoms with Crippen LogP contribution in [-0.4, -0.2) is 6.10 Å². The molecule has 0 aliphatic rings. The highest BCUT2D eigenvalue weighted by Crippen LogP contribution is 2.18. The first-order chi connectivity index (χ1) is 8.63. The van der Waals surface area contributed by atoms with Crippen LogP contribution in [-0.2, 0) is 0 Å². The average molecular weight is 249 g/mol. The van der Waals surface area contributed by atoms with Crippen LogP contribution in [0.5, 0.6) is 5.75 Å². The van der Waals surface area contributed by atoms with Gasteiger partial charge >= 0.3 is 0 Å². The van der Waals surface area contributed by atoms with Gasteiger partial charge in [-0.1, -0.05) is 38.3 Å². The Balaban J connectivity index is 2.32. The van der Waals surface area contributed by atoms with E-state index in [1.807, 2.05) is 31.2 Å². The van der Waals surface area contributed by atoms with Crippen LogP contribution in [0.25, 0.3) is 0 Å². The van der Waals surface area contributed by atoms with Gasteiger partial charge in [-0.25, -0.2) is 0 Å². The standard InChI is InChI=1S/C16H27NO/c1-4-5-6-7-8-13(2)18-16-11-9-15(10-12-16)14(3)17/h9-14H,4-8,17H2,1-3H3. The maximum absolute atomic E-state index is 5.89. The predicted molar refractivity (Wildman–Crippen MR) is 77.9 cm³/mol. The molecule has 0 bridgehead atoms. The van der Waals surface area contributed by atoms with Crippen molar-refractivity contribution < 1.29 is 4.74 Å². The fourth-order valence-corrected chi connectivity index (χ4v) is 2.00. The van der Waals surface area contributed by atoms with Crippen LogP contribution in [0.15, 0.2) is 24.3 Å².